The predicted molar refractivity (Wildman–Crippen MR) is 87.8 cm³/mol. The molecule has 0 aliphatic carbocycles. The molecule has 22 heavy (non-hydrogen) atoms. The molecule has 1 atom stereocenters. The first-order valence-corrected chi connectivity index (χ1v) is 8.12. The van der Waals surface area contributed by atoms with E-state index in [1.165, 1.54) is 0 Å². The van der Waals surface area contributed by atoms with Gasteiger partial charge in [0.05, 0.1) is 12.3 Å². The number of carbonyl (C=O) groups is 1. The molecular weight excluding hydrogens is 280 g/mol. The number of nitrogens with one attached hydrogen (secondary N) is 1. The molecule has 0 bridgehead atoms. The standard InChI is InChI=1S/C17H30N2O3/c1-6-11-19(16(20)22-17(3,4)5)12-10-18-14(7-2)15-9-8-13-21-15/h8-9,13-14,18H,6-7,10-12H2,1-5H3. The zero-order valence-electron chi connectivity index (χ0n) is 14.5. The molecule has 1 aromatic rings. The van der Waals surface area contributed by atoms with Gasteiger partial charge in [-0.3, -0.25) is 0 Å². The number of ether oxygens (including phenoxy) is 1. The monoisotopic (exact) mass is 310 g/mol. The van der Waals surface area contributed by atoms with E-state index >= 15 is 0 Å². The molecule has 1 amide bonds. The maximum atomic E-state index is 12.2. The minimum atomic E-state index is -0.462. The van der Waals surface area contributed by atoms with E-state index in [2.05, 4.69) is 19.2 Å². The fraction of sp³-hybridized carbons (Fsp3) is 0.706. The van der Waals surface area contributed by atoms with E-state index < -0.39 is 5.60 Å². The maximum absolute atomic E-state index is 12.2. The normalized spacial score (nSPS) is 13.0. The van der Waals surface area contributed by atoms with Gasteiger partial charge in [0, 0.05) is 19.6 Å². The van der Waals surface area contributed by atoms with E-state index in [1.807, 2.05) is 32.9 Å². The largest absolute Gasteiger partial charge is 0.468 e. The van der Waals surface area contributed by atoms with Crippen LogP contribution in [-0.2, 0) is 4.74 Å². The van der Waals surface area contributed by atoms with Crippen LogP contribution in [0, 0.1) is 0 Å². The summed E-state index contributed by atoms with van der Waals surface area (Å²) >= 11 is 0. The Bertz CT molecular complexity index is 424. The smallest absolute Gasteiger partial charge is 0.410 e. The lowest BCUT2D eigenvalue weighted by Gasteiger charge is -2.27. The van der Waals surface area contributed by atoms with Crippen molar-refractivity contribution < 1.29 is 13.9 Å². The van der Waals surface area contributed by atoms with Gasteiger partial charge in [-0.1, -0.05) is 13.8 Å². The third-order valence-corrected chi connectivity index (χ3v) is 3.21. The number of carbonyl (C=O) groups excluding carboxylic acids is 1. The molecule has 1 unspecified atom stereocenters. The van der Waals surface area contributed by atoms with Gasteiger partial charge in [0.25, 0.3) is 0 Å². The average Bonchev–Trinajstić information content (AvgIpc) is 2.94. The number of rotatable bonds is 8. The molecule has 0 aromatic carbocycles. The summed E-state index contributed by atoms with van der Waals surface area (Å²) in [4.78, 5) is 13.9. The van der Waals surface area contributed by atoms with Gasteiger partial charge in [-0.2, -0.15) is 0 Å². The van der Waals surface area contributed by atoms with E-state index in [1.54, 1.807) is 11.2 Å². The molecule has 0 saturated heterocycles. The Kier molecular flexibility index (Phi) is 7.45. The number of nitrogens with zero attached hydrogens (tertiary/aromatic N) is 1. The lowest BCUT2D eigenvalue weighted by molar-refractivity contribution is 0.0250. The van der Waals surface area contributed by atoms with Crippen LogP contribution in [-0.4, -0.2) is 36.2 Å². The van der Waals surface area contributed by atoms with Crippen LogP contribution in [0.2, 0.25) is 0 Å². The highest BCUT2D eigenvalue weighted by Gasteiger charge is 2.21. The number of amides is 1. The lowest BCUT2D eigenvalue weighted by Crippen LogP contribution is -2.41. The summed E-state index contributed by atoms with van der Waals surface area (Å²) < 4.78 is 10.9. The fourth-order valence-electron chi connectivity index (χ4n) is 2.20. The summed E-state index contributed by atoms with van der Waals surface area (Å²) in [6.45, 7) is 11.9. The van der Waals surface area contributed by atoms with Crippen molar-refractivity contribution in [2.75, 3.05) is 19.6 Å². The van der Waals surface area contributed by atoms with Crippen LogP contribution in [0.4, 0.5) is 4.79 Å². The Morgan fingerprint density at radius 2 is 2.09 bits per heavy atom. The van der Waals surface area contributed by atoms with Crippen molar-refractivity contribution in [2.24, 2.45) is 0 Å². The Hall–Kier alpha value is -1.49. The molecule has 0 spiro atoms. The van der Waals surface area contributed by atoms with Crippen molar-refractivity contribution in [1.29, 1.82) is 0 Å². The van der Waals surface area contributed by atoms with E-state index in [-0.39, 0.29) is 12.1 Å². The molecule has 0 saturated carbocycles. The third-order valence-electron chi connectivity index (χ3n) is 3.21. The Morgan fingerprint density at radius 3 is 2.59 bits per heavy atom. The Balaban J connectivity index is 2.48. The van der Waals surface area contributed by atoms with Crippen LogP contribution in [0.5, 0.6) is 0 Å². The van der Waals surface area contributed by atoms with Crippen LogP contribution in [0.3, 0.4) is 0 Å². The van der Waals surface area contributed by atoms with Crippen molar-refractivity contribution in [1.82, 2.24) is 10.2 Å². The molecule has 0 aliphatic rings. The molecule has 5 heteroatoms. The van der Waals surface area contributed by atoms with E-state index in [4.69, 9.17) is 9.15 Å². The minimum absolute atomic E-state index is 0.178. The summed E-state index contributed by atoms with van der Waals surface area (Å²) in [5.74, 6) is 0.932. The summed E-state index contributed by atoms with van der Waals surface area (Å²) in [6.07, 6.45) is 3.29. The van der Waals surface area contributed by atoms with E-state index in [0.29, 0.717) is 19.6 Å². The van der Waals surface area contributed by atoms with Crippen LogP contribution in [0.25, 0.3) is 0 Å². The summed E-state index contributed by atoms with van der Waals surface area (Å²) in [6, 6.07) is 4.04. The van der Waals surface area contributed by atoms with Crippen molar-refractivity contribution >= 4 is 6.09 Å². The molecule has 126 valence electrons. The highest BCUT2D eigenvalue weighted by Crippen LogP contribution is 2.16. The zero-order valence-corrected chi connectivity index (χ0v) is 14.5. The van der Waals surface area contributed by atoms with Gasteiger partial charge in [0.15, 0.2) is 0 Å². The molecule has 5 nitrogen and oxygen atoms in total. The van der Waals surface area contributed by atoms with Crippen molar-refractivity contribution in [3.63, 3.8) is 0 Å². The molecule has 0 aliphatic heterocycles. The van der Waals surface area contributed by atoms with Crippen LogP contribution in [0.1, 0.15) is 59.3 Å². The second kappa shape index (κ2) is 8.83. The topological polar surface area (TPSA) is 54.7 Å². The van der Waals surface area contributed by atoms with Crippen LogP contribution < -0.4 is 5.32 Å². The van der Waals surface area contributed by atoms with Crippen molar-refractivity contribution in [3.8, 4) is 0 Å². The quantitative estimate of drug-likeness (QED) is 0.789. The van der Waals surface area contributed by atoms with Gasteiger partial charge in [-0.25, -0.2) is 4.79 Å². The molecule has 0 fully saturated rings. The Labute approximate surface area is 134 Å². The highest BCUT2D eigenvalue weighted by atomic mass is 16.6. The van der Waals surface area contributed by atoms with E-state index in [0.717, 1.165) is 18.6 Å². The predicted octanol–water partition coefficient (Wildman–Crippen LogP) is 3.97. The highest BCUT2D eigenvalue weighted by molar-refractivity contribution is 5.68. The number of hydrogen-bond donors (Lipinski definition) is 1. The third kappa shape index (κ3) is 6.52. The van der Waals surface area contributed by atoms with Crippen molar-refractivity contribution in [2.45, 2.75) is 59.1 Å². The minimum Gasteiger partial charge on any atom is -0.468 e. The number of hydrogen-bond acceptors (Lipinski definition) is 4. The summed E-state index contributed by atoms with van der Waals surface area (Å²) in [5.41, 5.74) is -0.462. The first kappa shape index (κ1) is 18.6. The second-order valence-corrected chi connectivity index (χ2v) is 6.40. The maximum Gasteiger partial charge on any atom is 0.410 e. The van der Waals surface area contributed by atoms with Gasteiger partial charge in [-0.05, 0) is 45.7 Å². The molecule has 0 radical (unpaired) electrons. The van der Waals surface area contributed by atoms with Crippen molar-refractivity contribution in [3.05, 3.63) is 24.2 Å². The number of furan rings is 1. The first-order valence-electron chi connectivity index (χ1n) is 8.12. The first-order chi connectivity index (χ1) is 10.4. The lowest BCUT2D eigenvalue weighted by atomic mass is 10.2. The summed E-state index contributed by atoms with van der Waals surface area (Å²) in [5, 5.41) is 3.44. The Morgan fingerprint density at radius 1 is 1.36 bits per heavy atom. The zero-order chi connectivity index (χ0) is 16.6. The second-order valence-electron chi connectivity index (χ2n) is 6.40. The molecular formula is C17H30N2O3. The SMILES string of the molecule is CCCN(CCNC(CC)c1ccco1)C(=O)OC(C)(C)C. The molecule has 1 N–H and O–H groups in total. The molecule has 1 rings (SSSR count). The van der Waals surface area contributed by atoms with E-state index in [9.17, 15) is 4.79 Å². The van der Waals surface area contributed by atoms with Gasteiger partial charge < -0.3 is 19.4 Å². The molecule has 1 heterocycles. The molecule has 1 aromatic heterocycles. The average molecular weight is 310 g/mol. The summed E-state index contributed by atoms with van der Waals surface area (Å²) in [7, 11) is 0. The van der Waals surface area contributed by atoms with Gasteiger partial charge in [0.2, 0.25) is 0 Å². The van der Waals surface area contributed by atoms with Crippen LogP contribution >= 0.6 is 0 Å². The van der Waals surface area contributed by atoms with Gasteiger partial charge in [0.1, 0.15) is 11.4 Å². The van der Waals surface area contributed by atoms with Gasteiger partial charge in [-0.15, -0.1) is 0 Å². The van der Waals surface area contributed by atoms with Gasteiger partial charge >= 0.3 is 6.09 Å². The van der Waals surface area contributed by atoms with Crippen LogP contribution in [0.15, 0.2) is 22.8 Å². The fourth-order valence-corrected chi connectivity index (χ4v) is 2.20.